The molecule has 13 heavy (non-hydrogen) atoms. The van der Waals surface area contributed by atoms with E-state index in [1.165, 1.54) is 24.3 Å². The molecule has 0 amide bonds. The number of carbonyl (C=O) groups excluding carboxylic acids is 1. The number of unbranched alkanes of at least 4 members (excludes halogenated alkanes) is 2. The summed E-state index contributed by atoms with van der Waals surface area (Å²) in [5.74, 6) is 3.68. The summed E-state index contributed by atoms with van der Waals surface area (Å²) in [7, 11) is 0.377. The summed E-state index contributed by atoms with van der Waals surface area (Å²) in [6.07, 6.45) is 4.33. The molecular weight excluding hydrogens is 180 g/mol. The number of Topliss-reactive ketones (excluding diaryl/α,β-unsaturated/α-hetero) is 1. The Bertz CT molecular complexity index is 130. The Morgan fingerprint density at radius 1 is 1.08 bits per heavy atom. The summed E-state index contributed by atoms with van der Waals surface area (Å²) in [6, 6.07) is 0. The van der Waals surface area contributed by atoms with Crippen LogP contribution >= 0.6 is 0 Å². The van der Waals surface area contributed by atoms with Gasteiger partial charge in [-0.05, 0) is 31.2 Å². The molecule has 0 aromatic carbocycles. The van der Waals surface area contributed by atoms with Crippen LogP contribution in [0.5, 0.6) is 0 Å². The zero-order chi connectivity index (χ0) is 10.1. The van der Waals surface area contributed by atoms with Crippen LogP contribution in [-0.4, -0.2) is 23.0 Å². The Balaban J connectivity index is 3.48. The van der Waals surface area contributed by atoms with Gasteiger partial charge in [0.1, 0.15) is 11.5 Å². The van der Waals surface area contributed by atoms with Gasteiger partial charge in [0.2, 0.25) is 0 Å². The first kappa shape index (κ1) is 13.0. The van der Waals surface area contributed by atoms with Crippen LogP contribution in [0.1, 0.15) is 46.5 Å². The van der Waals surface area contributed by atoms with Crippen LogP contribution in [0.3, 0.4) is 0 Å². The van der Waals surface area contributed by atoms with Gasteiger partial charge in [-0.25, -0.2) is 0 Å². The van der Waals surface area contributed by atoms with Crippen molar-refractivity contribution in [1.29, 1.82) is 0 Å². The fourth-order valence-electron chi connectivity index (χ4n) is 1.28. The van der Waals surface area contributed by atoms with Crippen LogP contribution in [-0.2, 0) is 15.7 Å². The second kappa shape index (κ2) is 8.61. The fraction of sp³-hybridized carbons (Fsp3) is 0.909. The molecule has 0 bridgehead atoms. The normalized spacial score (nSPS) is 10.8. The maximum Gasteiger partial charge on any atom is 0.181 e. The van der Waals surface area contributed by atoms with E-state index in [4.69, 9.17) is 0 Å². The Morgan fingerprint density at radius 2 is 1.69 bits per heavy atom. The van der Waals surface area contributed by atoms with Crippen LogP contribution in [0.25, 0.3) is 0 Å². The first-order valence-corrected chi connectivity index (χ1v) is 7.13. The average molecular weight is 203 g/mol. The van der Waals surface area contributed by atoms with Gasteiger partial charge in [-0.1, -0.05) is 19.8 Å². The van der Waals surface area contributed by atoms with E-state index in [1.807, 2.05) is 0 Å². The van der Waals surface area contributed by atoms with Gasteiger partial charge in [0.05, 0.1) is 0 Å². The molecule has 0 atom stereocenters. The molecule has 0 spiro atoms. The number of ketones is 1. The molecule has 0 heterocycles. The molecule has 0 radical (unpaired) electrons. The zero-order valence-corrected chi connectivity index (χ0v) is 10.1. The standard InChI is InChI=1S/C11H23OS/c1-4-7-8-9-11(12)10-13(5-2)6-3/h4-10H2,1-3H3/q+1. The average Bonchev–Trinajstić information content (AvgIpc) is 2.14. The van der Waals surface area contributed by atoms with E-state index in [0.717, 1.165) is 18.6 Å². The van der Waals surface area contributed by atoms with Crippen molar-refractivity contribution in [3.05, 3.63) is 0 Å². The van der Waals surface area contributed by atoms with Gasteiger partial charge in [-0.2, -0.15) is 0 Å². The molecule has 0 unspecified atom stereocenters. The van der Waals surface area contributed by atoms with Gasteiger partial charge in [-0.3, -0.25) is 4.79 Å². The summed E-state index contributed by atoms with van der Waals surface area (Å²) >= 11 is 0. The molecule has 2 heteroatoms. The van der Waals surface area contributed by atoms with Crippen molar-refractivity contribution in [2.45, 2.75) is 46.5 Å². The second-order valence-corrected chi connectivity index (χ2v) is 6.00. The number of rotatable bonds is 8. The quantitative estimate of drug-likeness (QED) is 0.438. The van der Waals surface area contributed by atoms with E-state index >= 15 is 0 Å². The van der Waals surface area contributed by atoms with Crippen molar-refractivity contribution in [2.75, 3.05) is 17.3 Å². The van der Waals surface area contributed by atoms with E-state index in [2.05, 4.69) is 20.8 Å². The van der Waals surface area contributed by atoms with Crippen LogP contribution in [0.4, 0.5) is 0 Å². The molecular formula is C11H23OS+. The summed E-state index contributed by atoms with van der Waals surface area (Å²) in [5.41, 5.74) is 0. The number of hydrogen-bond acceptors (Lipinski definition) is 1. The molecule has 0 saturated carbocycles. The van der Waals surface area contributed by atoms with Crippen LogP contribution in [0, 0.1) is 0 Å². The highest BCUT2D eigenvalue weighted by atomic mass is 32.2. The van der Waals surface area contributed by atoms with Gasteiger partial charge < -0.3 is 0 Å². The fourth-order valence-corrected chi connectivity index (χ4v) is 2.70. The number of hydrogen-bond donors (Lipinski definition) is 0. The van der Waals surface area contributed by atoms with Crippen molar-refractivity contribution in [1.82, 2.24) is 0 Å². The van der Waals surface area contributed by atoms with Crippen LogP contribution in [0.2, 0.25) is 0 Å². The first-order chi connectivity index (χ1) is 6.24. The monoisotopic (exact) mass is 203 g/mol. The van der Waals surface area contributed by atoms with Crippen molar-refractivity contribution in [2.24, 2.45) is 0 Å². The van der Waals surface area contributed by atoms with E-state index in [0.29, 0.717) is 16.7 Å². The van der Waals surface area contributed by atoms with Gasteiger partial charge in [-0.15, -0.1) is 0 Å². The Kier molecular flexibility index (Phi) is 8.62. The third kappa shape index (κ3) is 7.12. The van der Waals surface area contributed by atoms with Gasteiger partial charge in [0.15, 0.2) is 11.5 Å². The maximum absolute atomic E-state index is 11.5. The highest BCUT2D eigenvalue weighted by Crippen LogP contribution is 2.03. The van der Waals surface area contributed by atoms with Gasteiger partial charge in [0.25, 0.3) is 0 Å². The van der Waals surface area contributed by atoms with Crippen LogP contribution in [0.15, 0.2) is 0 Å². The van der Waals surface area contributed by atoms with E-state index in [-0.39, 0.29) is 0 Å². The maximum atomic E-state index is 11.5. The minimum Gasteiger partial charge on any atom is -0.294 e. The topological polar surface area (TPSA) is 17.1 Å². The molecule has 0 N–H and O–H groups in total. The smallest absolute Gasteiger partial charge is 0.181 e. The zero-order valence-electron chi connectivity index (χ0n) is 9.27. The van der Waals surface area contributed by atoms with E-state index in [9.17, 15) is 4.79 Å². The van der Waals surface area contributed by atoms with Crippen molar-refractivity contribution in [3.63, 3.8) is 0 Å². The lowest BCUT2D eigenvalue weighted by Crippen LogP contribution is -2.19. The highest BCUT2D eigenvalue weighted by Gasteiger charge is 2.17. The SMILES string of the molecule is CCCCCC(=O)C[S+](CC)CC. The third-order valence-electron chi connectivity index (χ3n) is 2.24. The molecule has 0 aliphatic rings. The van der Waals surface area contributed by atoms with Gasteiger partial charge >= 0.3 is 0 Å². The Morgan fingerprint density at radius 3 is 2.15 bits per heavy atom. The molecule has 0 aromatic rings. The first-order valence-electron chi connectivity index (χ1n) is 5.40. The molecule has 0 aliphatic heterocycles. The summed E-state index contributed by atoms with van der Waals surface area (Å²) in [5, 5.41) is 0. The highest BCUT2D eigenvalue weighted by molar-refractivity contribution is 7.97. The predicted molar refractivity (Wildman–Crippen MR) is 62.5 cm³/mol. The second-order valence-electron chi connectivity index (χ2n) is 3.33. The Labute approximate surface area is 85.6 Å². The van der Waals surface area contributed by atoms with Crippen molar-refractivity contribution >= 4 is 16.7 Å². The molecule has 1 nitrogen and oxygen atoms in total. The molecule has 0 rings (SSSR count). The van der Waals surface area contributed by atoms with E-state index in [1.54, 1.807) is 0 Å². The Hall–Kier alpha value is 0.0200. The third-order valence-corrected chi connectivity index (χ3v) is 4.60. The number of carbonyl (C=O) groups is 1. The summed E-state index contributed by atoms with van der Waals surface area (Å²) in [4.78, 5) is 11.5. The summed E-state index contributed by atoms with van der Waals surface area (Å²) in [6.45, 7) is 6.55. The lowest BCUT2D eigenvalue weighted by atomic mass is 10.2. The van der Waals surface area contributed by atoms with Crippen molar-refractivity contribution < 1.29 is 4.79 Å². The minimum absolute atomic E-state index is 0.377. The molecule has 0 aliphatic carbocycles. The minimum atomic E-state index is 0.377. The lowest BCUT2D eigenvalue weighted by Gasteiger charge is -2.02. The van der Waals surface area contributed by atoms with Gasteiger partial charge in [0, 0.05) is 6.42 Å². The summed E-state index contributed by atoms with van der Waals surface area (Å²) < 4.78 is 0. The molecule has 78 valence electrons. The largest absolute Gasteiger partial charge is 0.294 e. The van der Waals surface area contributed by atoms with Crippen LogP contribution < -0.4 is 0 Å². The molecule has 0 aromatic heterocycles. The molecule has 0 fully saturated rings. The van der Waals surface area contributed by atoms with E-state index < -0.39 is 0 Å². The predicted octanol–water partition coefficient (Wildman–Crippen LogP) is 2.79. The lowest BCUT2D eigenvalue weighted by molar-refractivity contribution is -0.116. The molecule has 0 saturated heterocycles. The van der Waals surface area contributed by atoms with Crippen molar-refractivity contribution in [3.8, 4) is 0 Å².